The van der Waals surface area contributed by atoms with E-state index in [1.807, 2.05) is 25.1 Å². The lowest BCUT2D eigenvalue weighted by Crippen LogP contribution is -2.26. The van der Waals surface area contributed by atoms with Crippen LogP contribution in [0.2, 0.25) is 0 Å². The smallest absolute Gasteiger partial charge is 0.278 e. The molecule has 0 radical (unpaired) electrons. The first-order valence-electron chi connectivity index (χ1n) is 7.71. The summed E-state index contributed by atoms with van der Waals surface area (Å²) < 4.78 is 2.41. The highest BCUT2D eigenvalue weighted by Crippen LogP contribution is 2.23. The van der Waals surface area contributed by atoms with E-state index in [0.29, 0.717) is 5.69 Å². The van der Waals surface area contributed by atoms with Crippen molar-refractivity contribution in [3.8, 4) is 5.69 Å². The van der Waals surface area contributed by atoms with E-state index in [2.05, 4.69) is 21.0 Å². The number of nitro benzene ring substituents is 1. The van der Waals surface area contributed by atoms with E-state index in [0.717, 1.165) is 15.7 Å². The number of aryl methyl sites for hydroxylation is 1. The summed E-state index contributed by atoms with van der Waals surface area (Å²) in [5.74, 6) is -0.268. The summed E-state index contributed by atoms with van der Waals surface area (Å²) in [5, 5.41) is 15.2. The average molecular weight is 415 g/mol. The molecular weight excluding hydrogens is 400 g/mol. The number of rotatable bonds is 4. The molecule has 1 heterocycles. The number of carbonyl (C=O) groups is 1. The van der Waals surface area contributed by atoms with Crippen LogP contribution in [0, 0.1) is 17.0 Å². The van der Waals surface area contributed by atoms with Gasteiger partial charge in [0, 0.05) is 35.5 Å². The molecular formula is C18H15BrN4O3. The van der Waals surface area contributed by atoms with Crippen molar-refractivity contribution < 1.29 is 9.72 Å². The fraction of sp³-hybridized carbons (Fsp3) is 0.111. The lowest BCUT2D eigenvalue weighted by molar-refractivity contribution is -0.384. The summed E-state index contributed by atoms with van der Waals surface area (Å²) in [5.41, 5.74) is 2.50. The number of halogens is 1. The lowest BCUT2D eigenvalue weighted by Gasteiger charge is -2.17. The molecule has 0 saturated carbocycles. The minimum Gasteiger partial charge on any atom is -0.310 e. The summed E-state index contributed by atoms with van der Waals surface area (Å²) in [7, 11) is 1.68. The van der Waals surface area contributed by atoms with Gasteiger partial charge in [-0.2, -0.15) is 5.10 Å². The van der Waals surface area contributed by atoms with E-state index >= 15 is 0 Å². The third-order valence-corrected chi connectivity index (χ3v) is 4.84. The largest absolute Gasteiger partial charge is 0.310 e. The van der Waals surface area contributed by atoms with Gasteiger partial charge in [0.05, 0.1) is 10.6 Å². The maximum atomic E-state index is 12.7. The van der Waals surface area contributed by atoms with Crippen LogP contribution in [0.4, 0.5) is 11.4 Å². The fourth-order valence-corrected chi connectivity index (χ4v) is 2.70. The molecule has 0 spiro atoms. The van der Waals surface area contributed by atoms with Crippen molar-refractivity contribution in [1.29, 1.82) is 0 Å². The third kappa shape index (κ3) is 3.50. The second-order valence-corrected chi connectivity index (χ2v) is 6.57. The van der Waals surface area contributed by atoms with Crippen molar-refractivity contribution >= 4 is 33.2 Å². The second kappa shape index (κ2) is 7.09. The van der Waals surface area contributed by atoms with E-state index in [1.54, 1.807) is 31.4 Å². The number of hydrogen-bond acceptors (Lipinski definition) is 4. The number of nitro groups is 1. The number of amides is 1. The van der Waals surface area contributed by atoms with Crippen molar-refractivity contribution in [3.63, 3.8) is 0 Å². The van der Waals surface area contributed by atoms with Crippen LogP contribution < -0.4 is 4.90 Å². The van der Waals surface area contributed by atoms with Crippen molar-refractivity contribution in [2.24, 2.45) is 0 Å². The quantitative estimate of drug-likeness (QED) is 0.474. The monoisotopic (exact) mass is 414 g/mol. The minimum atomic E-state index is -0.470. The Bertz CT molecular complexity index is 1000. The number of hydrogen-bond donors (Lipinski definition) is 0. The van der Waals surface area contributed by atoms with Crippen LogP contribution in [0.5, 0.6) is 0 Å². The molecule has 0 aliphatic heterocycles. The predicted octanol–water partition coefficient (Wildman–Crippen LogP) is 4.13. The van der Waals surface area contributed by atoms with Crippen LogP contribution in [-0.4, -0.2) is 27.7 Å². The lowest BCUT2D eigenvalue weighted by atomic mass is 10.2. The van der Waals surface area contributed by atoms with E-state index in [4.69, 9.17) is 0 Å². The molecule has 2 aromatic carbocycles. The van der Waals surface area contributed by atoms with Gasteiger partial charge in [0.1, 0.15) is 0 Å². The van der Waals surface area contributed by atoms with Crippen molar-refractivity contribution in [3.05, 3.63) is 80.6 Å². The van der Waals surface area contributed by atoms with E-state index in [1.165, 1.54) is 21.7 Å². The van der Waals surface area contributed by atoms with Gasteiger partial charge in [-0.05, 0) is 42.8 Å². The fourth-order valence-electron chi connectivity index (χ4n) is 2.46. The standard InChI is InChI=1S/C18H15BrN4O3/c1-12-10-13(6-7-16(12)19)21(2)18(24)17-8-9-22(20-17)14-4-3-5-15(11-14)23(25)26/h3-11H,1-2H3. The molecule has 3 rings (SSSR count). The molecule has 0 fully saturated rings. The maximum absolute atomic E-state index is 12.7. The molecule has 0 unspecified atom stereocenters. The number of aromatic nitrogens is 2. The highest BCUT2D eigenvalue weighted by Gasteiger charge is 2.17. The van der Waals surface area contributed by atoms with Crippen LogP contribution in [-0.2, 0) is 0 Å². The Balaban J connectivity index is 1.87. The average Bonchev–Trinajstić information content (AvgIpc) is 3.13. The Morgan fingerprint density at radius 1 is 1.23 bits per heavy atom. The zero-order chi connectivity index (χ0) is 18.8. The third-order valence-electron chi connectivity index (χ3n) is 3.95. The molecule has 26 heavy (non-hydrogen) atoms. The Hall–Kier alpha value is -3.00. The van der Waals surface area contributed by atoms with Gasteiger partial charge in [-0.25, -0.2) is 4.68 Å². The molecule has 132 valence electrons. The van der Waals surface area contributed by atoms with Gasteiger partial charge in [-0.1, -0.05) is 22.0 Å². The first-order valence-corrected chi connectivity index (χ1v) is 8.51. The topological polar surface area (TPSA) is 81.3 Å². The number of non-ortho nitro benzene ring substituents is 1. The van der Waals surface area contributed by atoms with Crippen LogP contribution in [0.1, 0.15) is 16.1 Å². The molecule has 0 saturated heterocycles. The minimum absolute atomic E-state index is 0.0340. The number of anilines is 1. The van der Waals surface area contributed by atoms with Gasteiger partial charge in [-0.15, -0.1) is 0 Å². The predicted molar refractivity (Wildman–Crippen MR) is 102 cm³/mol. The summed E-state index contributed by atoms with van der Waals surface area (Å²) in [6.45, 7) is 1.95. The van der Waals surface area contributed by atoms with Crippen LogP contribution in [0.3, 0.4) is 0 Å². The molecule has 7 nitrogen and oxygen atoms in total. The van der Waals surface area contributed by atoms with Crippen molar-refractivity contribution in [2.75, 3.05) is 11.9 Å². The Kier molecular flexibility index (Phi) is 4.85. The number of nitrogens with zero attached hydrogens (tertiary/aromatic N) is 4. The van der Waals surface area contributed by atoms with Gasteiger partial charge >= 0.3 is 0 Å². The van der Waals surface area contributed by atoms with Gasteiger partial charge in [-0.3, -0.25) is 14.9 Å². The Morgan fingerprint density at radius 2 is 2.00 bits per heavy atom. The molecule has 0 bridgehead atoms. The van der Waals surface area contributed by atoms with Crippen molar-refractivity contribution in [1.82, 2.24) is 9.78 Å². The summed E-state index contributed by atoms with van der Waals surface area (Å²) in [6.07, 6.45) is 1.60. The highest BCUT2D eigenvalue weighted by molar-refractivity contribution is 9.10. The van der Waals surface area contributed by atoms with Crippen LogP contribution >= 0.6 is 15.9 Å². The van der Waals surface area contributed by atoms with E-state index in [9.17, 15) is 14.9 Å². The second-order valence-electron chi connectivity index (χ2n) is 5.72. The van der Waals surface area contributed by atoms with Gasteiger partial charge in [0.15, 0.2) is 5.69 Å². The molecule has 0 aliphatic carbocycles. The zero-order valence-corrected chi connectivity index (χ0v) is 15.7. The van der Waals surface area contributed by atoms with Gasteiger partial charge in [0.2, 0.25) is 0 Å². The maximum Gasteiger partial charge on any atom is 0.278 e. The first kappa shape index (κ1) is 17.8. The normalized spacial score (nSPS) is 10.6. The summed E-state index contributed by atoms with van der Waals surface area (Å²) in [6, 6.07) is 13.3. The molecule has 3 aromatic rings. The number of carbonyl (C=O) groups excluding carboxylic acids is 1. The van der Waals surface area contributed by atoms with Gasteiger partial charge in [0.25, 0.3) is 11.6 Å². The SMILES string of the molecule is Cc1cc(N(C)C(=O)c2ccn(-c3cccc([N+](=O)[O-])c3)n2)ccc1Br. The van der Waals surface area contributed by atoms with Crippen molar-refractivity contribution in [2.45, 2.75) is 6.92 Å². The molecule has 0 aliphatic rings. The molecule has 1 aromatic heterocycles. The Labute approximate surface area is 158 Å². The zero-order valence-electron chi connectivity index (χ0n) is 14.1. The van der Waals surface area contributed by atoms with E-state index in [-0.39, 0.29) is 17.3 Å². The van der Waals surface area contributed by atoms with Crippen LogP contribution in [0.25, 0.3) is 5.69 Å². The molecule has 8 heteroatoms. The number of benzene rings is 2. The van der Waals surface area contributed by atoms with E-state index < -0.39 is 4.92 Å². The Morgan fingerprint density at radius 3 is 2.69 bits per heavy atom. The highest BCUT2D eigenvalue weighted by atomic mass is 79.9. The first-order chi connectivity index (χ1) is 12.4. The molecule has 0 atom stereocenters. The summed E-state index contributed by atoms with van der Waals surface area (Å²) >= 11 is 3.44. The molecule has 0 N–H and O–H groups in total. The van der Waals surface area contributed by atoms with Gasteiger partial charge < -0.3 is 4.90 Å². The molecule has 1 amide bonds. The van der Waals surface area contributed by atoms with Crippen LogP contribution in [0.15, 0.2) is 59.2 Å². The summed E-state index contributed by atoms with van der Waals surface area (Å²) in [4.78, 5) is 24.6.